The minimum Gasteiger partial charge on any atom is -0.398 e. The van der Waals surface area contributed by atoms with Gasteiger partial charge < -0.3 is 11.1 Å². The number of rotatable bonds is 6. The van der Waals surface area contributed by atoms with E-state index in [0.717, 1.165) is 10.9 Å². The molecule has 0 atom stereocenters. The zero-order valence-corrected chi connectivity index (χ0v) is 18.2. The van der Waals surface area contributed by atoms with Crippen molar-refractivity contribution in [1.82, 2.24) is 15.4 Å². The Kier molecular flexibility index (Phi) is 5.30. The van der Waals surface area contributed by atoms with E-state index in [2.05, 4.69) is 61.3 Å². The van der Waals surface area contributed by atoms with Crippen molar-refractivity contribution in [3.8, 4) is 0 Å². The lowest BCUT2D eigenvalue weighted by Crippen LogP contribution is -2.00. The molecule has 0 saturated heterocycles. The van der Waals surface area contributed by atoms with Gasteiger partial charge in [0.05, 0.1) is 21.9 Å². The van der Waals surface area contributed by atoms with E-state index in [1.165, 1.54) is 11.5 Å². The predicted octanol–water partition coefficient (Wildman–Crippen LogP) is 5.94. The van der Waals surface area contributed by atoms with Crippen molar-refractivity contribution in [3.63, 3.8) is 0 Å². The van der Waals surface area contributed by atoms with E-state index >= 15 is 0 Å². The minimum atomic E-state index is -0.485. The Labute approximate surface area is 193 Å². The molecule has 0 spiro atoms. The maximum absolute atomic E-state index is 11.3. The van der Waals surface area contributed by atoms with Gasteiger partial charge in [0, 0.05) is 18.3 Å². The van der Waals surface area contributed by atoms with E-state index in [4.69, 9.17) is 5.73 Å². The number of aromatic nitrogens is 3. The van der Waals surface area contributed by atoms with Crippen molar-refractivity contribution in [1.29, 1.82) is 0 Å². The molecule has 5 rings (SSSR count). The number of nitrogens with zero attached hydrogens (tertiary/aromatic N) is 5. The molecule has 0 radical (unpaired) electrons. The Hall–Kier alpha value is -4.86. The van der Waals surface area contributed by atoms with Crippen molar-refractivity contribution < 1.29 is 4.92 Å². The maximum atomic E-state index is 11.3. The summed E-state index contributed by atoms with van der Waals surface area (Å²) in [5, 5.41) is 36.6. The molecule has 0 bridgehead atoms. The summed E-state index contributed by atoms with van der Waals surface area (Å²) in [5.74, 6) is 0. The van der Waals surface area contributed by atoms with Gasteiger partial charge in [0.2, 0.25) is 0 Å². The fraction of sp³-hybridized carbons (Fsp3) is 0.0833. The molecule has 10 heteroatoms. The highest BCUT2D eigenvalue weighted by atomic mass is 16.6. The first kappa shape index (κ1) is 21.0. The summed E-state index contributed by atoms with van der Waals surface area (Å²) in [6.45, 7) is 2.17. The summed E-state index contributed by atoms with van der Waals surface area (Å²) in [4.78, 5) is 10.9. The zero-order valence-electron chi connectivity index (χ0n) is 18.2. The highest BCUT2D eigenvalue weighted by molar-refractivity contribution is 5.93. The van der Waals surface area contributed by atoms with E-state index < -0.39 is 4.92 Å². The largest absolute Gasteiger partial charge is 0.398 e. The molecular weight excluding hydrogens is 432 g/mol. The quantitative estimate of drug-likeness (QED) is 0.126. The van der Waals surface area contributed by atoms with Gasteiger partial charge in [-0.25, -0.2) is 0 Å². The van der Waals surface area contributed by atoms with Gasteiger partial charge in [0.1, 0.15) is 16.7 Å². The first-order valence-corrected chi connectivity index (χ1v) is 10.5. The molecule has 4 N–H and O–H groups in total. The van der Waals surface area contributed by atoms with Crippen LogP contribution in [0.4, 0.5) is 28.4 Å². The molecule has 0 aliphatic heterocycles. The summed E-state index contributed by atoms with van der Waals surface area (Å²) in [6, 6.07) is 21.0. The summed E-state index contributed by atoms with van der Waals surface area (Å²) in [6.07, 6.45) is 0. The fourth-order valence-corrected chi connectivity index (χ4v) is 3.80. The van der Waals surface area contributed by atoms with Crippen LogP contribution in [0.1, 0.15) is 11.1 Å². The summed E-state index contributed by atoms with van der Waals surface area (Å²) in [7, 11) is 0. The van der Waals surface area contributed by atoms with Crippen LogP contribution in [-0.2, 0) is 6.54 Å². The van der Waals surface area contributed by atoms with Crippen molar-refractivity contribution in [2.45, 2.75) is 13.5 Å². The molecule has 1 aromatic heterocycles. The number of aromatic amines is 1. The van der Waals surface area contributed by atoms with Gasteiger partial charge in [-0.1, -0.05) is 41.6 Å². The van der Waals surface area contributed by atoms with Crippen LogP contribution in [0, 0.1) is 17.0 Å². The second-order valence-corrected chi connectivity index (χ2v) is 7.84. The number of nitrogens with one attached hydrogen (secondary N) is 2. The van der Waals surface area contributed by atoms with Gasteiger partial charge in [-0.05, 0) is 47.5 Å². The molecule has 168 valence electrons. The SMILES string of the molecule is Cc1c(/N=N/c2c(NCc3ccc4ccccc4c3)ccc3nn[nH]c23)cc(N)cc1[N+](=O)[O-]. The van der Waals surface area contributed by atoms with Crippen LogP contribution < -0.4 is 11.1 Å². The van der Waals surface area contributed by atoms with Crippen LogP contribution in [0.2, 0.25) is 0 Å². The maximum Gasteiger partial charge on any atom is 0.276 e. The van der Waals surface area contributed by atoms with E-state index in [0.29, 0.717) is 40.2 Å². The Morgan fingerprint density at radius 3 is 2.71 bits per heavy atom. The molecule has 0 aliphatic rings. The lowest BCUT2D eigenvalue weighted by atomic mass is 10.1. The van der Waals surface area contributed by atoms with Crippen LogP contribution in [0.5, 0.6) is 0 Å². The molecule has 1 heterocycles. The second-order valence-electron chi connectivity index (χ2n) is 7.84. The summed E-state index contributed by atoms with van der Waals surface area (Å²) in [5.41, 5.74) is 10.2. The Bertz CT molecular complexity index is 1570. The van der Waals surface area contributed by atoms with Gasteiger partial charge in [-0.3, -0.25) is 15.2 Å². The molecule has 0 aliphatic carbocycles. The molecule has 0 saturated carbocycles. The average molecular weight is 452 g/mol. The molecule has 34 heavy (non-hydrogen) atoms. The molecule has 5 aromatic rings. The lowest BCUT2D eigenvalue weighted by Gasteiger charge is -2.10. The monoisotopic (exact) mass is 452 g/mol. The topological polar surface area (TPSA) is 147 Å². The number of benzene rings is 4. The Morgan fingerprint density at radius 2 is 1.88 bits per heavy atom. The lowest BCUT2D eigenvalue weighted by molar-refractivity contribution is -0.385. The third kappa shape index (κ3) is 3.99. The van der Waals surface area contributed by atoms with Crippen LogP contribution in [0.25, 0.3) is 21.8 Å². The second kappa shape index (κ2) is 8.58. The fourth-order valence-electron chi connectivity index (χ4n) is 3.80. The standard InChI is InChI=1S/C24H20N8O2/c1-14-21(11-18(25)12-22(14)32(33)34)27-29-23-19(8-9-20-24(23)30-31-28-20)26-13-15-6-7-16-4-2-3-5-17(16)10-15/h2-12,26H,13,25H2,1H3,(H,28,30,31)/b29-27+. The average Bonchev–Trinajstić information content (AvgIpc) is 3.32. The first-order chi connectivity index (χ1) is 16.5. The Morgan fingerprint density at radius 1 is 1.06 bits per heavy atom. The van der Waals surface area contributed by atoms with Gasteiger partial charge in [0.25, 0.3) is 5.69 Å². The number of hydrogen-bond acceptors (Lipinski definition) is 8. The third-order valence-corrected chi connectivity index (χ3v) is 5.60. The number of nitrogen functional groups attached to an aromatic ring is 1. The molecule has 10 nitrogen and oxygen atoms in total. The molecule has 0 fully saturated rings. The van der Waals surface area contributed by atoms with Crippen LogP contribution >= 0.6 is 0 Å². The van der Waals surface area contributed by atoms with Gasteiger partial charge in [0.15, 0.2) is 0 Å². The smallest absolute Gasteiger partial charge is 0.276 e. The van der Waals surface area contributed by atoms with Crippen molar-refractivity contribution in [2.24, 2.45) is 10.2 Å². The number of nitrogens with two attached hydrogens (primary N) is 1. The summed E-state index contributed by atoms with van der Waals surface area (Å²) >= 11 is 0. The van der Waals surface area contributed by atoms with Gasteiger partial charge >= 0.3 is 0 Å². The predicted molar refractivity (Wildman–Crippen MR) is 132 cm³/mol. The van der Waals surface area contributed by atoms with E-state index in [-0.39, 0.29) is 11.4 Å². The number of nitro benzene ring substituents is 1. The first-order valence-electron chi connectivity index (χ1n) is 10.5. The number of anilines is 2. The highest BCUT2D eigenvalue weighted by Crippen LogP contribution is 2.36. The Balaban J connectivity index is 1.50. The van der Waals surface area contributed by atoms with E-state index in [1.54, 1.807) is 13.0 Å². The van der Waals surface area contributed by atoms with Gasteiger partial charge in [-0.2, -0.15) is 0 Å². The molecule has 0 amide bonds. The number of fused-ring (bicyclic) bond motifs is 2. The third-order valence-electron chi connectivity index (χ3n) is 5.60. The number of hydrogen-bond donors (Lipinski definition) is 3. The molecule has 0 unspecified atom stereocenters. The van der Waals surface area contributed by atoms with Crippen molar-refractivity contribution in [3.05, 3.63) is 88.0 Å². The van der Waals surface area contributed by atoms with Crippen LogP contribution in [-0.4, -0.2) is 20.3 Å². The van der Waals surface area contributed by atoms with Crippen molar-refractivity contribution >= 4 is 50.2 Å². The highest BCUT2D eigenvalue weighted by Gasteiger charge is 2.16. The molecular formula is C24H20N8O2. The number of H-pyrrole nitrogens is 1. The van der Waals surface area contributed by atoms with E-state index in [1.807, 2.05) is 24.3 Å². The minimum absolute atomic E-state index is 0.106. The summed E-state index contributed by atoms with van der Waals surface area (Å²) < 4.78 is 0. The normalized spacial score (nSPS) is 11.4. The zero-order chi connectivity index (χ0) is 23.7. The van der Waals surface area contributed by atoms with Gasteiger partial charge in [-0.15, -0.1) is 15.3 Å². The van der Waals surface area contributed by atoms with E-state index in [9.17, 15) is 10.1 Å². The van der Waals surface area contributed by atoms with Crippen LogP contribution in [0.15, 0.2) is 77.0 Å². The number of azo groups is 1. The number of nitro groups is 1. The molecule has 4 aromatic carbocycles. The van der Waals surface area contributed by atoms with Crippen LogP contribution in [0.3, 0.4) is 0 Å². The van der Waals surface area contributed by atoms with Crippen molar-refractivity contribution in [2.75, 3.05) is 11.1 Å².